The summed E-state index contributed by atoms with van der Waals surface area (Å²) in [7, 11) is 0. The van der Waals surface area contributed by atoms with Gasteiger partial charge in [-0.2, -0.15) is 0 Å². The fraction of sp³-hybridized carbons (Fsp3) is 0. The molecule has 0 atom stereocenters. The highest BCUT2D eigenvalue weighted by Gasteiger charge is 2.12. The first-order valence-corrected chi connectivity index (χ1v) is 15.6. The molecule has 200 valence electrons. The predicted octanol–water partition coefficient (Wildman–Crippen LogP) is 12.5. The minimum Gasteiger partial charge on any atom is -0.135 e. The molecule has 43 heavy (non-hydrogen) atoms. The Morgan fingerprint density at radius 1 is 0.279 bits per heavy atom. The van der Waals surface area contributed by atoms with Crippen LogP contribution in [0.1, 0.15) is 0 Å². The SMILES string of the molecule is c1cc(-c2cccc(-c3cccc4c3sc3ccccc34)c2)cc(-c2ccc3c4ccccc4c4ccccc4c3c2)c1. The molecule has 1 heteroatoms. The van der Waals surface area contributed by atoms with Gasteiger partial charge >= 0.3 is 0 Å². The van der Waals surface area contributed by atoms with Crippen LogP contribution >= 0.6 is 11.3 Å². The van der Waals surface area contributed by atoms with E-state index in [1.54, 1.807) is 0 Å². The maximum atomic E-state index is 2.38. The molecule has 1 heterocycles. The first-order chi connectivity index (χ1) is 21.3. The van der Waals surface area contributed by atoms with Gasteiger partial charge in [0.1, 0.15) is 0 Å². The second-order valence-electron chi connectivity index (χ2n) is 11.3. The van der Waals surface area contributed by atoms with Crippen molar-refractivity contribution in [3.8, 4) is 33.4 Å². The van der Waals surface area contributed by atoms with Crippen molar-refractivity contribution < 1.29 is 0 Å². The number of fused-ring (bicyclic) bond motifs is 9. The minimum atomic E-state index is 1.23. The Morgan fingerprint density at radius 3 is 1.42 bits per heavy atom. The highest BCUT2D eigenvalue weighted by Crippen LogP contribution is 2.41. The molecule has 0 aliphatic carbocycles. The third kappa shape index (κ3) is 3.90. The van der Waals surface area contributed by atoms with Gasteiger partial charge in [-0.15, -0.1) is 11.3 Å². The zero-order valence-electron chi connectivity index (χ0n) is 23.4. The molecule has 9 aromatic rings. The lowest BCUT2D eigenvalue weighted by atomic mass is 9.91. The number of hydrogen-bond donors (Lipinski definition) is 0. The summed E-state index contributed by atoms with van der Waals surface area (Å²) in [5.41, 5.74) is 7.48. The number of rotatable bonds is 3. The molecule has 8 aromatic carbocycles. The van der Waals surface area contributed by atoms with Crippen LogP contribution in [0.25, 0.3) is 85.9 Å². The van der Waals surface area contributed by atoms with Crippen LogP contribution in [0.2, 0.25) is 0 Å². The number of thiophene rings is 1. The van der Waals surface area contributed by atoms with Crippen molar-refractivity contribution in [2.45, 2.75) is 0 Å². The highest BCUT2D eigenvalue weighted by molar-refractivity contribution is 7.26. The van der Waals surface area contributed by atoms with E-state index < -0.39 is 0 Å². The molecule has 0 unspecified atom stereocenters. The highest BCUT2D eigenvalue weighted by atomic mass is 32.1. The van der Waals surface area contributed by atoms with Crippen molar-refractivity contribution >= 4 is 63.8 Å². The number of hydrogen-bond acceptors (Lipinski definition) is 1. The standard InChI is InChI=1S/C42H26S/c1-2-16-35-33(14-1)34-15-3-4-17-36(34)40-26-30(22-23-37(35)40)28-11-7-10-27(24-28)29-12-8-13-31(25-29)32-19-9-20-39-38-18-5-6-21-41(38)43-42(32)39/h1-26H. The van der Waals surface area contributed by atoms with E-state index in [-0.39, 0.29) is 0 Å². The van der Waals surface area contributed by atoms with E-state index in [0.29, 0.717) is 0 Å². The second-order valence-corrected chi connectivity index (χ2v) is 12.3. The van der Waals surface area contributed by atoms with Crippen LogP contribution in [-0.4, -0.2) is 0 Å². The Hall–Kier alpha value is -5.24. The van der Waals surface area contributed by atoms with E-state index in [4.69, 9.17) is 0 Å². The van der Waals surface area contributed by atoms with Crippen molar-refractivity contribution in [3.63, 3.8) is 0 Å². The quantitative estimate of drug-likeness (QED) is 0.188. The van der Waals surface area contributed by atoms with E-state index >= 15 is 0 Å². The van der Waals surface area contributed by atoms with Gasteiger partial charge in [-0.05, 0) is 90.0 Å². The van der Waals surface area contributed by atoms with Crippen LogP contribution in [0.5, 0.6) is 0 Å². The molecule has 0 spiro atoms. The summed E-state index contributed by atoms with van der Waals surface area (Å²) in [5.74, 6) is 0. The summed E-state index contributed by atoms with van der Waals surface area (Å²) >= 11 is 1.89. The van der Waals surface area contributed by atoms with Gasteiger partial charge in [0.2, 0.25) is 0 Å². The van der Waals surface area contributed by atoms with Crippen molar-refractivity contribution in [1.29, 1.82) is 0 Å². The smallest absolute Gasteiger partial charge is 0.0433 e. The Kier molecular flexibility index (Phi) is 5.47. The van der Waals surface area contributed by atoms with Crippen molar-refractivity contribution in [1.82, 2.24) is 0 Å². The molecule has 0 fully saturated rings. The molecule has 0 saturated heterocycles. The van der Waals surface area contributed by atoms with Crippen LogP contribution in [0.4, 0.5) is 0 Å². The monoisotopic (exact) mass is 562 g/mol. The van der Waals surface area contributed by atoms with Crippen molar-refractivity contribution in [2.75, 3.05) is 0 Å². The Balaban J connectivity index is 1.17. The van der Waals surface area contributed by atoms with E-state index in [9.17, 15) is 0 Å². The Morgan fingerprint density at radius 2 is 0.744 bits per heavy atom. The molecule has 9 rings (SSSR count). The summed E-state index contributed by atoms with van der Waals surface area (Å²) in [6.45, 7) is 0. The third-order valence-electron chi connectivity index (χ3n) is 8.85. The van der Waals surface area contributed by atoms with Crippen LogP contribution in [0.15, 0.2) is 158 Å². The van der Waals surface area contributed by atoms with E-state index in [1.807, 2.05) is 11.3 Å². The average Bonchev–Trinajstić information content (AvgIpc) is 3.47. The van der Waals surface area contributed by atoms with Gasteiger partial charge in [-0.1, -0.05) is 133 Å². The average molecular weight is 563 g/mol. The van der Waals surface area contributed by atoms with Gasteiger partial charge in [0.25, 0.3) is 0 Å². The molecule has 0 radical (unpaired) electrons. The van der Waals surface area contributed by atoms with Crippen LogP contribution in [0.3, 0.4) is 0 Å². The molecule has 0 amide bonds. The summed E-state index contributed by atoms with van der Waals surface area (Å²) in [6.07, 6.45) is 0. The molecule has 0 saturated carbocycles. The summed E-state index contributed by atoms with van der Waals surface area (Å²) in [4.78, 5) is 0. The van der Waals surface area contributed by atoms with Gasteiger partial charge in [0, 0.05) is 20.2 Å². The van der Waals surface area contributed by atoms with E-state index in [1.165, 1.54) is 85.9 Å². The molecular weight excluding hydrogens is 537 g/mol. The predicted molar refractivity (Wildman–Crippen MR) is 188 cm³/mol. The van der Waals surface area contributed by atoms with Crippen LogP contribution in [-0.2, 0) is 0 Å². The lowest BCUT2D eigenvalue weighted by molar-refractivity contribution is 1.59. The maximum absolute atomic E-state index is 2.38. The topological polar surface area (TPSA) is 0 Å². The summed E-state index contributed by atoms with van der Waals surface area (Å²) in [6, 6.07) is 57.9. The first-order valence-electron chi connectivity index (χ1n) is 14.8. The molecule has 1 aromatic heterocycles. The van der Waals surface area contributed by atoms with Gasteiger partial charge < -0.3 is 0 Å². The molecule has 0 N–H and O–H groups in total. The van der Waals surface area contributed by atoms with Crippen LogP contribution < -0.4 is 0 Å². The zero-order chi connectivity index (χ0) is 28.3. The molecule has 0 aliphatic heterocycles. The van der Waals surface area contributed by atoms with Gasteiger partial charge in [0.15, 0.2) is 0 Å². The molecular formula is C42H26S. The van der Waals surface area contributed by atoms with Crippen molar-refractivity contribution in [3.05, 3.63) is 158 Å². The summed E-state index contributed by atoms with van der Waals surface area (Å²) in [5, 5.41) is 10.5. The first kappa shape index (κ1) is 24.4. The second kappa shape index (κ2) is 9.66. The van der Waals surface area contributed by atoms with Crippen LogP contribution in [0, 0.1) is 0 Å². The fourth-order valence-corrected chi connectivity index (χ4v) is 8.04. The Bertz CT molecular complexity index is 2480. The maximum Gasteiger partial charge on any atom is 0.0433 e. The normalized spacial score (nSPS) is 11.7. The lowest BCUT2D eigenvalue weighted by Crippen LogP contribution is -1.86. The van der Waals surface area contributed by atoms with Crippen molar-refractivity contribution in [2.24, 2.45) is 0 Å². The van der Waals surface area contributed by atoms with Gasteiger partial charge in [0.05, 0.1) is 0 Å². The Labute approximate surface area is 254 Å². The molecule has 0 nitrogen and oxygen atoms in total. The van der Waals surface area contributed by atoms with E-state index in [2.05, 4.69) is 158 Å². The summed E-state index contributed by atoms with van der Waals surface area (Å²) < 4.78 is 2.69. The molecule has 0 aliphatic rings. The van der Waals surface area contributed by atoms with E-state index in [0.717, 1.165) is 0 Å². The minimum absolute atomic E-state index is 1.23. The molecule has 0 bridgehead atoms. The van der Waals surface area contributed by atoms with Gasteiger partial charge in [-0.3, -0.25) is 0 Å². The lowest BCUT2D eigenvalue weighted by Gasteiger charge is -2.13. The third-order valence-corrected chi connectivity index (χ3v) is 10.1. The number of benzene rings is 8. The zero-order valence-corrected chi connectivity index (χ0v) is 24.2. The fourth-order valence-electron chi connectivity index (χ4n) is 6.81. The largest absolute Gasteiger partial charge is 0.135 e. The van der Waals surface area contributed by atoms with Gasteiger partial charge in [-0.25, -0.2) is 0 Å².